The summed E-state index contributed by atoms with van der Waals surface area (Å²) >= 11 is 0. The van der Waals surface area contributed by atoms with E-state index in [1.807, 2.05) is 18.2 Å². The van der Waals surface area contributed by atoms with Crippen molar-refractivity contribution in [1.82, 2.24) is 14.8 Å². The van der Waals surface area contributed by atoms with Gasteiger partial charge in [0.25, 0.3) is 5.91 Å². The van der Waals surface area contributed by atoms with Crippen molar-refractivity contribution < 1.29 is 19.1 Å². The number of amides is 3. The van der Waals surface area contributed by atoms with E-state index in [9.17, 15) is 14.4 Å². The maximum absolute atomic E-state index is 12.9. The molecule has 5 rings (SSSR count). The van der Waals surface area contributed by atoms with Gasteiger partial charge < -0.3 is 9.64 Å². The summed E-state index contributed by atoms with van der Waals surface area (Å²) in [6.45, 7) is 0.739. The number of carbonyl (C=O) groups excluding carboxylic acids is 3. The lowest BCUT2D eigenvalue weighted by Gasteiger charge is -2.43. The minimum Gasteiger partial charge on any atom is -0.439 e. The molecule has 1 aromatic carbocycles. The Balaban J connectivity index is 1.24. The molecule has 3 aliphatic rings. The minimum absolute atomic E-state index is 0.0859. The van der Waals surface area contributed by atoms with E-state index in [1.54, 1.807) is 47.5 Å². The smallest absolute Gasteiger partial charge is 0.254 e. The minimum atomic E-state index is -0.229. The number of carbonyl (C=O) groups is 3. The molecule has 152 valence electrons. The van der Waals surface area contributed by atoms with E-state index in [0.717, 1.165) is 0 Å². The van der Waals surface area contributed by atoms with Gasteiger partial charge in [0, 0.05) is 30.9 Å². The monoisotopic (exact) mass is 403 g/mol. The number of hydrogen-bond donors (Lipinski definition) is 0. The molecule has 0 bridgehead atoms. The van der Waals surface area contributed by atoms with Crippen LogP contribution in [0.4, 0.5) is 0 Å². The van der Waals surface area contributed by atoms with Gasteiger partial charge in [0.15, 0.2) is 0 Å². The van der Waals surface area contributed by atoms with E-state index in [0.29, 0.717) is 43.1 Å². The Labute approximate surface area is 173 Å². The highest BCUT2D eigenvalue weighted by Gasteiger charge is 2.52. The van der Waals surface area contributed by atoms with Crippen LogP contribution in [0.5, 0.6) is 11.6 Å². The number of ether oxygens (including phenoxy) is 1. The van der Waals surface area contributed by atoms with Gasteiger partial charge in [0.2, 0.25) is 17.7 Å². The predicted octanol–water partition coefficient (Wildman–Crippen LogP) is 2.65. The molecular weight excluding hydrogens is 382 g/mol. The highest BCUT2D eigenvalue weighted by Crippen LogP contribution is 2.37. The van der Waals surface area contributed by atoms with Crippen molar-refractivity contribution in [3.63, 3.8) is 0 Å². The number of hydrogen-bond acceptors (Lipinski definition) is 5. The van der Waals surface area contributed by atoms with Crippen molar-refractivity contribution in [2.24, 2.45) is 11.8 Å². The summed E-state index contributed by atoms with van der Waals surface area (Å²) in [5.41, 5.74) is 0.499. The van der Waals surface area contributed by atoms with Gasteiger partial charge in [-0.1, -0.05) is 24.3 Å². The second-order valence-corrected chi connectivity index (χ2v) is 7.86. The Morgan fingerprint density at radius 3 is 2.37 bits per heavy atom. The first-order valence-electron chi connectivity index (χ1n) is 10.1. The number of fused-ring (bicyclic) bond motifs is 1. The summed E-state index contributed by atoms with van der Waals surface area (Å²) in [4.78, 5) is 45.4. The van der Waals surface area contributed by atoms with Crippen LogP contribution in [-0.2, 0) is 9.59 Å². The Morgan fingerprint density at radius 2 is 1.70 bits per heavy atom. The van der Waals surface area contributed by atoms with Crippen LogP contribution in [0.3, 0.4) is 0 Å². The summed E-state index contributed by atoms with van der Waals surface area (Å²) in [6, 6.07) is 12.1. The molecule has 30 heavy (non-hydrogen) atoms. The van der Waals surface area contributed by atoms with Crippen molar-refractivity contribution in [1.29, 1.82) is 0 Å². The third kappa shape index (κ3) is 3.16. The topological polar surface area (TPSA) is 79.8 Å². The first-order chi connectivity index (χ1) is 14.6. The van der Waals surface area contributed by atoms with Crippen LogP contribution < -0.4 is 4.74 Å². The molecule has 1 aliphatic carbocycles. The highest BCUT2D eigenvalue weighted by atomic mass is 16.5. The third-order valence-electron chi connectivity index (χ3n) is 6.00. The van der Waals surface area contributed by atoms with Crippen molar-refractivity contribution in [2.75, 3.05) is 13.1 Å². The van der Waals surface area contributed by atoms with Gasteiger partial charge in [-0.15, -0.1) is 0 Å². The van der Waals surface area contributed by atoms with Crippen LogP contribution >= 0.6 is 0 Å². The van der Waals surface area contributed by atoms with Crippen molar-refractivity contribution in [2.45, 2.75) is 18.9 Å². The van der Waals surface area contributed by atoms with Crippen LogP contribution in [0.2, 0.25) is 0 Å². The van der Waals surface area contributed by atoms with E-state index in [2.05, 4.69) is 4.98 Å². The first-order valence-corrected chi connectivity index (χ1v) is 10.1. The molecule has 3 amide bonds. The lowest BCUT2D eigenvalue weighted by Crippen LogP contribution is -2.62. The van der Waals surface area contributed by atoms with E-state index in [1.165, 1.54) is 4.90 Å². The van der Waals surface area contributed by atoms with Crippen LogP contribution in [0.15, 0.2) is 60.8 Å². The van der Waals surface area contributed by atoms with Crippen molar-refractivity contribution >= 4 is 17.7 Å². The van der Waals surface area contributed by atoms with E-state index in [4.69, 9.17) is 4.74 Å². The molecule has 0 N–H and O–H groups in total. The summed E-state index contributed by atoms with van der Waals surface area (Å²) < 4.78 is 5.70. The molecular formula is C23H21N3O4. The second kappa shape index (κ2) is 7.40. The van der Waals surface area contributed by atoms with Crippen molar-refractivity contribution in [3.05, 3.63) is 66.4 Å². The van der Waals surface area contributed by atoms with Gasteiger partial charge >= 0.3 is 0 Å². The largest absolute Gasteiger partial charge is 0.439 e. The molecule has 0 saturated carbocycles. The fourth-order valence-electron chi connectivity index (χ4n) is 4.37. The van der Waals surface area contributed by atoms with Gasteiger partial charge in [-0.05, 0) is 37.1 Å². The van der Waals surface area contributed by atoms with E-state index < -0.39 is 0 Å². The molecule has 7 nitrogen and oxygen atoms in total. The standard InChI is InChI=1S/C23H21N3O4/c27-21(15-6-5-7-17(12-15)30-20-10-3-4-11-24-20)25-13-16(14-25)26-22(28)18-8-1-2-9-19(18)23(26)29/h1-7,10-12,16,18-19H,8-9,13-14H2. The number of pyridine rings is 1. The quantitative estimate of drug-likeness (QED) is 0.579. The summed E-state index contributed by atoms with van der Waals surface area (Å²) in [5, 5.41) is 0. The number of benzene rings is 1. The zero-order chi connectivity index (χ0) is 20.7. The fraction of sp³-hybridized carbons (Fsp3) is 0.304. The van der Waals surface area contributed by atoms with Gasteiger partial charge in [0.1, 0.15) is 5.75 Å². The summed E-state index contributed by atoms with van der Waals surface area (Å²) in [5.74, 6) is 0.205. The predicted molar refractivity (Wildman–Crippen MR) is 108 cm³/mol. The average Bonchev–Trinajstić information content (AvgIpc) is 2.99. The molecule has 3 heterocycles. The van der Waals surface area contributed by atoms with Gasteiger partial charge in [0.05, 0.1) is 17.9 Å². The Kier molecular flexibility index (Phi) is 4.58. The van der Waals surface area contributed by atoms with Gasteiger partial charge in [-0.3, -0.25) is 19.3 Å². The normalized spacial score (nSPS) is 23.3. The molecule has 0 spiro atoms. The molecule has 2 aromatic rings. The van der Waals surface area contributed by atoms with E-state index >= 15 is 0 Å². The van der Waals surface area contributed by atoms with Gasteiger partial charge in [-0.2, -0.15) is 0 Å². The summed E-state index contributed by atoms with van der Waals surface area (Å²) in [7, 11) is 0. The molecule has 2 aliphatic heterocycles. The SMILES string of the molecule is O=C(c1cccc(Oc2ccccn2)c1)N1CC(N2C(=O)C3CC=CCC3C2=O)C1. The Bertz CT molecular complexity index is 1000. The van der Waals surface area contributed by atoms with Crippen LogP contribution in [-0.4, -0.2) is 51.6 Å². The molecule has 2 fully saturated rings. The van der Waals surface area contributed by atoms with Gasteiger partial charge in [-0.25, -0.2) is 4.98 Å². The number of likely N-dealkylation sites (tertiary alicyclic amines) is 2. The maximum Gasteiger partial charge on any atom is 0.254 e. The second-order valence-electron chi connectivity index (χ2n) is 7.86. The zero-order valence-corrected chi connectivity index (χ0v) is 16.3. The first kappa shape index (κ1) is 18.5. The van der Waals surface area contributed by atoms with E-state index in [-0.39, 0.29) is 35.6 Å². The molecule has 7 heteroatoms. The van der Waals surface area contributed by atoms with Crippen LogP contribution in [0.1, 0.15) is 23.2 Å². The molecule has 0 radical (unpaired) electrons. The molecule has 2 unspecified atom stereocenters. The Morgan fingerprint density at radius 1 is 0.967 bits per heavy atom. The number of aromatic nitrogens is 1. The lowest BCUT2D eigenvalue weighted by molar-refractivity contribution is -0.145. The third-order valence-corrected chi connectivity index (χ3v) is 6.00. The molecule has 1 aromatic heterocycles. The number of rotatable bonds is 4. The number of imide groups is 1. The molecule has 2 atom stereocenters. The lowest BCUT2D eigenvalue weighted by atomic mass is 9.85. The average molecular weight is 403 g/mol. The summed E-state index contributed by atoms with van der Waals surface area (Å²) in [6.07, 6.45) is 6.85. The fourth-order valence-corrected chi connectivity index (χ4v) is 4.37. The number of allylic oxidation sites excluding steroid dienone is 2. The zero-order valence-electron chi connectivity index (χ0n) is 16.3. The maximum atomic E-state index is 12.9. The Hall–Kier alpha value is -3.48. The molecule has 2 saturated heterocycles. The van der Waals surface area contributed by atoms with Crippen LogP contribution in [0, 0.1) is 11.8 Å². The number of nitrogens with zero attached hydrogens (tertiary/aromatic N) is 3. The van der Waals surface area contributed by atoms with Crippen LogP contribution in [0.25, 0.3) is 0 Å². The van der Waals surface area contributed by atoms with Crippen molar-refractivity contribution in [3.8, 4) is 11.6 Å². The highest BCUT2D eigenvalue weighted by molar-refractivity contribution is 6.06.